The van der Waals surface area contributed by atoms with Crippen LogP contribution in [0.2, 0.25) is 0 Å². The highest BCUT2D eigenvalue weighted by molar-refractivity contribution is 7.14. The number of amides is 1. The normalized spacial score (nSPS) is 11.7. The lowest BCUT2D eigenvalue weighted by Gasteiger charge is -2.09. The van der Waals surface area contributed by atoms with E-state index in [1.54, 1.807) is 5.38 Å². The van der Waals surface area contributed by atoms with Crippen molar-refractivity contribution in [3.8, 4) is 11.3 Å². The van der Waals surface area contributed by atoms with E-state index < -0.39 is 28.9 Å². The van der Waals surface area contributed by atoms with Crippen molar-refractivity contribution in [3.05, 3.63) is 68.1 Å². The Labute approximate surface area is 187 Å². The molecule has 9 nitrogen and oxygen atoms in total. The van der Waals surface area contributed by atoms with Crippen LogP contribution < -0.4 is 16.6 Å². The lowest BCUT2D eigenvalue weighted by atomic mass is 10.1. The van der Waals surface area contributed by atoms with Crippen molar-refractivity contribution in [1.29, 1.82) is 0 Å². The number of benzene rings is 1. The fourth-order valence-corrected chi connectivity index (χ4v) is 3.93. The highest BCUT2D eigenvalue weighted by Crippen LogP contribution is 2.31. The Morgan fingerprint density at radius 2 is 1.79 bits per heavy atom. The summed E-state index contributed by atoms with van der Waals surface area (Å²) in [6.07, 6.45) is -3.55. The van der Waals surface area contributed by atoms with Gasteiger partial charge in [0, 0.05) is 25.0 Å². The Kier molecular flexibility index (Phi) is 5.57. The van der Waals surface area contributed by atoms with E-state index in [0.717, 1.165) is 34.4 Å². The number of thiazole rings is 1. The number of carbonyl (C=O) groups is 1. The van der Waals surface area contributed by atoms with Crippen LogP contribution in [-0.4, -0.2) is 30.0 Å². The van der Waals surface area contributed by atoms with Crippen LogP contribution in [0.25, 0.3) is 22.3 Å². The van der Waals surface area contributed by atoms with E-state index in [9.17, 15) is 27.6 Å². The molecule has 0 unspecified atom stereocenters. The van der Waals surface area contributed by atoms with Gasteiger partial charge in [-0.05, 0) is 12.1 Å². The summed E-state index contributed by atoms with van der Waals surface area (Å²) >= 11 is 1.10. The average Bonchev–Trinajstić information content (AvgIpc) is 3.23. The Morgan fingerprint density at radius 3 is 2.45 bits per heavy atom. The molecule has 0 aliphatic carbocycles. The Balaban J connectivity index is 1.55. The van der Waals surface area contributed by atoms with Gasteiger partial charge in [-0.25, -0.2) is 19.7 Å². The summed E-state index contributed by atoms with van der Waals surface area (Å²) in [7, 11) is 2.78. The fourth-order valence-electron chi connectivity index (χ4n) is 3.20. The van der Waals surface area contributed by atoms with Crippen LogP contribution in [0.15, 0.2) is 45.6 Å². The predicted octanol–water partition coefficient (Wildman–Crippen LogP) is 2.35. The minimum atomic E-state index is -4.43. The minimum absolute atomic E-state index is 0.0573. The Morgan fingerprint density at radius 1 is 1.09 bits per heavy atom. The van der Waals surface area contributed by atoms with E-state index in [4.69, 9.17) is 0 Å². The van der Waals surface area contributed by atoms with Crippen LogP contribution in [0.1, 0.15) is 11.3 Å². The van der Waals surface area contributed by atoms with Crippen molar-refractivity contribution in [2.24, 2.45) is 14.1 Å². The molecule has 3 heterocycles. The van der Waals surface area contributed by atoms with Crippen LogP contribution in [0.4, 0.5) is 18.3 Å². The number of hydrogen-bond acceptors (Lipinski definition) is 7. The molecule has 0 bridgehead atoms. The molecule has 0 saturated heterocycles. The molecule has 170 valence electrons. The summed E-state index contributed by atoms with van der Waals surface area (Å²) in [6.45, 7) is 0. The molecule has 13 heteroatoms. The van der Waals surface area contributed by atoms with Crippen molar-refractivity contribution >= 4 is 33.4 Å². The Bertz CT molecular complexity index is 1490. The molecule has 0 radical (unpaired) electrons. The van der Waals surface area contributed by atoms with Crippen LogP contribution in [0.5, 0.6) is 0 Å². The first kappa shape index (κ1) is 22.3. The van der Waals surface area contributed by atoms with Crippen molar-refractivity contribution < 1.29 is 18.0 Å². The van der Waals surface area contributed by atoms with Gasteiger partial charge in [0.05, 0.1) is 23.4 Å². The van der Waals surface area contributed by atoms with E-state index in [-0.39, 0.29) is 28.3 Å². The molecule has 0 spiro atoms. The minimum Gasteiger partial charge on any atom is -0.302 e. The zero-order valence-corrected chi connectivity index (χ0v) is 18.0. The quantitative estimate of drug-likeness (QED) is 0.484. The van der Waals surface area contributed by atoms with Gasteiger partial charge in [-0.2, -0.15) is 13.2 Å². The second-order valence-corrected chi connectivity index (χ2v) is 7.92. The first-order chi connectivity index (χ1) is 15.6. The molecule has 0 saturated carbocycles. The summed E-state index contributed by atoms with van der Waals surface area (Å²) in [6, 6.07) is 4.52. The number of rotatable bonds is 4. The van der Waals surface area contributed by atoms with E-state index in [1.165, 1.54) is 30.8 Å². The number of alkyl halides is 3. The summed E-state index contributed by atoms with van der Waals surface area (Å²) in [5.41, 5.74) is -0.814. The van der Waals surface area contributed by atoms with Crippen molar-refractivity contribution in [1.82, 2.24) is 24.1 Å². The third kappa shape index (κ3) is 4.26. The summed E-state index contributed by atoms with van der Waals surface area (Å²) < 4.78 is 40.3. The topological polar surface area (TPSA) is 112 Å². The van der Waals surface area contributed by atoms with Gasteiger partial charge >= 0.3 is 11.9 Å². The maximum atomic E-state index is 12.7. The van der Waals surface area contributed by atoms with Gasteiger partial charge in [0.2, 0.25) is 5.91 Å². The molecule has 0 fully saturated rings. The number of carbonyl (C=O) groups excluding carboxylic acids is 1. The van der Waals surface area contributed by atoms with E-state index in [1.807, 2.05) is 0 Å². The van der Waals surface area contributed by atoms with Crippen molar-refractivity contribution in [2.45, 2.75) is 12.6 Å². The van der Waals surface area contributed by atoms with Crippen LogP contribution in [0.3, 0.4) is 0 Å². The molecule has 1 aromatic carbocycles. The number of hydrogen-bond donors (Lipinski definition) is 1. The molecule has 33 heavy (non-hydrogen) atoms. The molecule has 0 aliphatic heterocycles. The molecule has 0 atom stereocenters. The fraction of sp³-hybridized carbons (Fsp3) is 0.200. The van der Waals surface area contributed by atoms with E-state index in [2.05, 4.69) is 20.3 Å². The smallest absolute Gasteiger partial charge is 0.302 e. The second kappa shape index (κ2) is 8.24. The molecule has 1 amide bonds. The Hall–Kier alpha value is -3.87. The largest absolute Gasteiger partial charge is 0.416 e. The molecular formula is C20H15F3N6O3S. The first-order valence-electron chi connectivity index (χ1n) is 9.39. The lowest BCUT2D eigenvalue weighted by Crippen LogP contribution is -2.38. The maximum Gasteiger partial charge on any atom is 0.416 e. The first-order valence-corrected chi connectivity index (χ1v) is 10.3. The maximum absolute atomic E-state index is 12.7. The van der Waals surface area contributed by atoms with E-state index >= 15 is 0 Å². The molecule has 1 N–H and O–H groups in total. The van der Waals surface area contributed by atoms with Gasteiger partial charge in [-0.1, -0.05) is 12.1 Å². The average molecular weight is 476 g/mol. The van der Waals surface area contributed by atoms with E-state index in [0.29, 0.717) is 11.3 Å². The highest BCUT2D eigenvalue weighted by atomic mass is 32.1. The number of fused-ring (bicyclic) bond motifs is 1. The predicted molar refractivity (Wildman–Crippen MR) is 115 cm³/mol. The number of halogens is 3. The van der Waals surface area contributed by atoms with Gasteiger partial charge in [-0.3, -0.25) is 18.7 Å². The van der Waals surface area contributed by atoms with Crippen LogP contribution in [-0.2, 0) is 31.5 Å². The molecule has 4 aromatic rings. The summed E-state index contributed by atoms with van der Waals surface area (Å²) in [5, 5.41) is 4.48. The molecule has 4 rings (SSSR count). The number of nitrogens with one attached hydrogen (secondary N) is 1. The number of aromatic nitrogens is 5. The number of anilines is 1. The van der Waals surface area contributed by atoms with Crippen molar-refractivity contribution in [3.63, 3.8) is 0 Å². The van der Waals surface area contributed by atoms with Gasteiger partial charge in [0.1, 0.15) is 11.7 Å². The lowest BCUT2D eigenvalue weighted by molar-refractivity contribution is -0.137. The SMILES string of the molecule is Cn1c(=O)c2c(CC(=O)Nc3nc(-c4ccc(C(F)(F)F)cc4)cs3)ncnc2n(C)c1=O. The van der Waals surface area contributed by atoms with Crippen molar-refractivity contribution in [2.75, 3.05) is 5.32 Å². The summed E-state index contributed by atoms with van der Waals surface area (Å²) in [4.78, 5) is 49.5. The standard InChI is InChI=1S/C20H15F3N6O3S/c1-28-16-15(17(31)29(2)19(28)32)12(24-9-25-16)7-14(30)27-18-26-13(8-33-18)10-3-5-11(6-4-10)20(21,22)23/h3-6,8-9H,7H2,1-2H3,(H,26,27,30). The summed E-state index contributed by atoms with van der Waals surface area (Å²) in [5.74, 6) is -0.515. The van der Waals surface area contributed by atoms with Gasteiger partial charge < -0.3 is 5.32 Å². The molecule has 0 aliphatic rings. The number of nitrogens with zero attached hydrogens (tertiary/aromatic N) is 5. The van der Waals surface area contributed by atoms with Gasteiger partial charge in [-0.15, -0.1) is 11.3 Å². The molecular weight excluding hydrogens is 461 g/mol. The van der Waals surface area contributed by atoms with Gasteiger partial charge in [0.25, 0.3) is 5.56 Å². The van der Waals surface area contributed by atoms with Crippen LogP contribution in [0, 0.1) is 0 Å². The number of aryl methyl sites for hydroxylation is 1. The zero-order valence-electron chi connectivity index (χ0n) is 17.2. The van der Waals surface area contributed by atoms with Gasteiger partial charge in [0.15, 0.2) is 10.8 Å². The second-order valence-electron chi connectivity index (χ2n) is 7.06. The monoisotopic (exact) mass is 476 g/mol. The third-order valence-corrected chi connectivity index (χ3v) is 5.66. The van der Waals surface area contributed by atoms with Crippen LogP contribution >= 0.6 is 11.3 Å². The zero-order chi connectivity index (χ0) is 23.9. The highest BCUT2D eigenvalue weighted by Gasteiger charge is 2.30. The molecule has 3 aromatic heterocycles. The third-order valence-electron chi connectivity index (χ3n) is 4.90.